The second-order valence-corrected chi connectivity index (χ2v) is 5.15. The molecule has 2 aromatic rings. The number of benzene rings is 2. The van der Waals surface area contributed by atoms with E-state index in [4.69, 9.17) is 10.4 Å². The van der Waals surface area contributed by atoms with E-state index in [0.29, 0.717) is 11.3 Å². The van der Waals surface area contributed by atoms with E-state index in [1.54, 1.807) is 24.3 Å². The third-order valence-electron chi connectivity index (χ3n) is 3.42. The first-order chi connectivity index (χ1) is 11.1. The normalized spacial score (nSPS) is 11.3. The smallest absolute Gasteiger partial charge is 0.303 e. The van der Waals surface area contributed by atoms with Crippen molar-refractivity contribution in [3.05, 3.63) is 65.7 Å². The van der Waals surface area contributed by atoms with E-state index in [1.165, 1.54) is 0 Å². The van der Waals surface area contributed by atoms with Gasteiger partial charge in [-0.25, -0.2) is 0 Å². The molecule has 116 valence electrons. The molecule has 0 saturated carbocycles. The quantitative estimate of drug-likeness (QED) is 0.857. The van der Waals surface area contributed by atoms with Gasteiger partial charge in [0.15, 0.2) is 0 Å². The van der Waals surface area contributed by atoms with Gasteiger partial charge < -0.3 is 10.4 Å². The molecule has 1 amide bonds. The van der Waals surface area contributed by atoms with Gasteiger partial charge in [-0.1, -0.05) is 30.3 Å². The van der Waals surface area contributed by atoms with Gasteiger partial charge in [0.05, 0.1) is 18.1 Å². The maximum atomic E-state index is 12.2. The number of hydrogen-bond donors (Lipinski definition) is 2. The lowest BCUT2D eigenvalue weighted by Gasteiger charge is -2.15. The summed E-state index contributed by atoms with van der Waals surface area (Å²) >= 11 is 0. The zero-order valence-corrected chi connectivity index (χ0v) is 12.4. The van der Waals surface area contributed by atoms with Crippen LogP contribution >= 0.6 is 0 Å². The Hall–Kier alpha value is -3.13. The van der Waals surface area contributed by atoms with Crippen LogP contribution < -0.4 is 5.32 Å². The van der Waals surface area contributed by atoms with Crippen molar-refractivity contribution in [1.29, 1.82) is 5.26 Å². The van der Waals surface area contributed by atoms with E-state index in [1.807, 2.05) is 36.4 Å². The van der Waals surface area contributed by atoms with Crippen LogP contribution in [0, 0.1) is 11.3 Å². The highest BCUT2D eigenvalue weighted by Gasteiger charge is 2.19. The molecule has 0 unspecified atom stereocenters. The van der Waals surface area contributed by atoms with Crippen molar-refractivity contribution in [2.75, 3.05) is 5.32 Å². The zero-order chi connectivity index (χ0) is 16.7. The average molecular weight is 308 g/mol. The fourth-order valence-corrected chi connectivity index (χ4v) is 2.31. The summed E-state index contributed by atoms with van der Waals surface area (Å²) in [5.74, 6) is -1.58. The molecule has 23 heavy (non-hydrogen) atoms. The molecule has 0 heterocycles. The Morgan fingerprint density at radius 2 is 1.70 bits per heavy atom. The topological polar surface area (TPSA) is 90.2 Å². The molecule has 0 aliphatic rings. The molecular formula is C18H16N2O3. The van der Waals surface area contributed by atoms with E-state index >= 15 is 0 Å². The van der Waals surface area contributed by atoms with E-state index in [0.717, 1.165) is 5.56 Å². The summed E-state index contributed by atoms with van der Waals surface area (Å²) < 4.78 is 0. The van der Waals surface area contributed by atoms with Crippen molar-refractivity contribution < 1.29 is 14.7 Å². The molecule has 0 aliphatic heterocycles. The van der Waals surface area contributed by atoms with Crippen molar-refractivity contribution in [2.45, 2.75) is 18.8 Å². The fraction of sp³-hybridized carbons (Fsp3) is 0.167. The van der Waals surface area contributed by atoms with Crippen LogP contribution in [0.4, 0.5) is 5.69 Å². The lowest BCUT2D eigenvalue weighted by atomic mass is 9.92. The van der Waals surface area contributed by atoms with Crippen LogP contribution in [0.2, 0.25) is 0 Å². The molecule has 0 spiro atoms. The minimum Gasteiger partial charge on any atom is -0.481 e. The SMILES string of the molecule is N#Cc1ccc(NC(=O)C[C@H](CC(=O)O)c2ccccc2)cc1. The molecule has 5 heteroatoms. The number of anilines is 1. The zero-order valence-electron chi connectivity index (χ0n) is 12.4. The predicted octanol–water partition coefficient (Wildman–Crippen LogP) is 3.15. The summed E-state index contributed by atoms with van der Waals surface area (Å²) in [6.07, 6.45) is -0.0267. The number of aliphatic carboxylic acids is 1. The molecule has 5 nitrogen and oxygen atoms in total. The van der Waals surface area contributed by atoms with E-state index in [-0.39, 0.29) is 24.7 Å². The predicted molar refractivity (Wildman–Crippen MR) is 85.8 cm³/mol. The summed E-state index contributed by atoms with van der Waals surface area (Å²) in [4.78, 5) is 23.2. The molecule has 2 rings (SSSR count). The number of rotatable bonds is 6. The molecule has 2 aromatic carbocycles. The van der Waals surface area contributed by atoms with Gasteiger partial charge in [-0.3, -0.25) is 9.59 Å². The van der Waals surface area contributed by atoms with Gasteiger partial charge in [0, 0.05) is 18.0 Å². The molecule has 2 N–H and O–H groups in total. The van der Waals surface area contributed by atoms with Crippen LogP contribution in [0.25, 0.3) is 0 Å². The van der Waals surface area contributed by atoms with Gasteiger partial charge in [0.25, 0.3) is 0 Å². The van der Waals surface area contributed by atoms with Crippen molar-refractivity contribution in [3.8, 4) is 6.07 Å². The third kappa shape index (κ3) is 4.97. The summed E-state index contributed by atoms with van der Waals surface area (Å²) in [6, 6.07) is 17.7. The van der Waals surface area contributed by atoms with Crippen LogP contribution in [-0.4, -0.2) is 17.0 Å². The first-order valence-corrected chi connectivity index (χ1v) is 7.15. The summed E-state index contributed by atoms with van der Waals surface area (Å²) in [6.45, 7) is 0. The lowest BCUT2D eigenvalue weighted by molar-refractivity contribution is -0.137. The molecule has 0 radical (unpaired) electrons. The number of amides is 1. The Morgan fingerprint density at radius 3 is 2.26 bits per heavy atom. The van der Waals surface area contributed by atoms with Gasteiger partial charge in [0.2, 0.25) is 5.91 Å². The fourth-order valence-electron chi connectivity index (χ4n) is 2.31. The maximum Gasteiger partial charge on any atom is 0.303 e. The number of nitrogens with one attached hydrogen (secondary N) is 1. The monoisotopic (exact) mass is 308 g/mol. The summed E-state index contributed by atoms with van der Waals surface area (Å²) in [7, 11) is 0. The first-order valence-electron chi connectivity index (χ1n) is 7.15. The first kappa shape index (κ1) is 16.2. The minimum absolute atomic E-state index is 0.0797. The number of carboxylic acids is 1. The highest BCUT2D eigenvalue weighted by atomic mass is 16.4. The van der Waals surface area contributed by atoms with Gasteiger partial charge in [-0.15, -0.1) is 0 Å². The number of hydrogen-bond acceptors (Lipinski definition) is 3. The van der Waals surface area contributed by atoms with E-state index in [2.05, 4.69) is 5.32 Å². The number of carbonyl (C=O) groups excluding carboxylic acids is 1. The van der Waals surface area contributed by atoms with Crippen molar-refractivity contribution in [2.24, 2.45) is 0 Å². The molecule has 0 aliphatic carbocycles. The van der Waals surface area contributed by atoms with Crippen LogP contribution in [-0.2, 0) is 9.59 Å². The number of nitrogens with zero attached hydrogens (tertiary/aromatic N) is 1. The number of nitriles is 1. The summed E-state index contributed by atoms with van der Waals surface area (Å²) in [5.41, 5.74) is 1.91. The maximum absolute atomic E-state index is 12.2. The van der Waals surface area contributed by atoms with Crippen LogP contribution in [0.15, 0.2) is 54.6 Å². The van der Waals surface area contributed by atoms with Gasteiger partial charge >= 0.3 is 5.97 Å². The third-order valence-corrected chi connectivity index (χ3v) is 3.42. The second-order valence-electron chi connectivity index (χ2n) is 5.15. The highest BCUT2D eigenvalue weighted by Crippen LogP contribution is 2.24. The second kappa shape index (κ2) is 7.76. The molecule has 0 aromatic heterocycles. The van der Waals surface area contributed by atoms with Gasteiger partial charge in [0.1, 0.15) is 0 Å². The minimum atomic E-state index is -0.940. The van der Waals surface area contributed by atoms with Crippen molar-refractivity contribution >= 4 is 17.6 Å². The number of carboxylic acid groups (broad SMARTS) is 1. The van der Waals surface area contributed by atoms with Gasteiger partial charge in [-0.2, -0.15) is 5.26 Å². The molecular weight excluding hydrogens is 292 g/mol. The molecule has 0 saturated heterocycles. The average Bonchev–Trinajstić information content (AvgIpc) is 2.55. The van der Waals surface area contributed by atoms with Crippen LogP contribution in [0.1, 0.15) is 29.9 Å². The Labute approximate surface area is 134 Å². The van der Waals surface area contributed by atoms with Crippen LogP contribution in [0.5, 0.6) is 0 Å². The van der Waals surface area contributed by atoms with Crippen molar-refractivity contribution in [1.82, 2.24) is 0 Å². The Balaban J connectivity index is 2.05. The lowest BCUT2D eigenvalue weighted by Crippen LogP contribution is -2.17. The van der Waals surface area contributed by atoms with Crippen molar-refractivity contribution in [3.63, 3.8) is 0 Å². The summed E-state index contributed by atoms with van der Waals surface area (Å²) in [5, 5.41) is 20.5. The number of carbonyl (C=O) groups is 2. The Kier molecular flexibility index (Phi) is 5.48. The molecule has 0 bridgehead atoms. The largest absolute Gasteiger partial charge is 0.481 e. The highest BCUT2D eigenvalue weighted by molar-refractivity contribution is 5.91. The van der Waals surface area contributed by atoms with Gasteiger partial charge in [-0.05, 0) is 29.8 Å². The Bertz CT molecular complexity index is 718. The standard InChI is InChI=1S/C18H16N2O3/c19-12-13-6-8-16(9-7-13)20-17(21)10-15(11-18(22)23)14-4-2-1-3-5-14/h1-9,15H,10-11H2,(H,20,21)(H,22,23)/t15-/m1/s1. The molecule has 0 fully saturated rings. The molecule has 1 atom stereocenters. The van der Waals surface area contributed by atoms with Crippen LogP contribution in [0.3, 0.4) is 0 Å². The van der Waals surface area contributed by atoms with E-state index < -0.39 is 5.97 Å². The Morgan fingerprint density at radius 1 is 1.04 bits per heavy atom. The van der Waals surface area contributed by atoms with E-state index in [9.17, 15) is 9.59 Å².